The molecule has 0 atom stereocenters. The molecule has 0 amide bonds. The van der Waals surface area contributed by atoms with Gasteiger partial charge in [0.25, 0.3) is 0 Å². The van der Waals surface area contributed by atoms with Crippen LogP contribution in [0, 0.1) is 0 Å². The fourth-order valence-corrected chi connectivity index (χ4v) is 5.00. The molecule has 2 aromatic heterocycles. The Morgan fingerprint density at radius 2 is 1.37 bits per heavy atom. The molecule has 5 rings (SSSR count). The van der Waals surface area contributed by atoms with Crippen LogP contribution in [-0.4, -0.2) is 9.97 Å². The van der Waals surface area contributed by atoms with Gasteiger partial charge in [-0.15, -0.1) is 0 Å². The van der Waals surface area contributed by atoms with E-state index in [1.807, 2.05) is 60.7 Å². The average Bonchev–Trinajstić information content (AvgIpc) is 3.15. The van der Waals surface area contributed by atoms with Crippen LogP contribution in [0.15, 0.2) is 99.5 Å². The van der Waals surface area contributed by atoms with Gasteiger partial charge in [-0.25, -0.2) is 9.97 Å². The van der Waals surface area contributed by atoms with Gasteiger partial charge in [0.1, 0.15) is 17.1 Å². The maximum absolute atomic E-state index is 6.25. The second kappa shape index (κ2) is 8.15. The number of fused-ring (bicyclic) bond motifs is 1. The van der Waals surface area contributed by atoms with E-state index in [1.54, 1.807) is 6.07 Å². The summed E-state index contributed by atoms with van der Waals surface area (Å²) in [4.78, 5) is 9.87. The highest BCUT2D eigenvalue weighted by Crippen LogP contribution is 2.44. The van der Waals surface area contributed by atoms with Crippen molar-refractivity contribution in [3.8, 4) is 22.5 Å². The van der Waals surface area contributed by atoms with Crippen molar-refractivity contribution in [2.45, 2.75) is 9.92 Å². The lowest BCUT2D eigenvalue weighted by molar-refractivity contribution is 0.617. The molecule has 0 bridgehead atoms. The highest BCUT2D eigenvalue weighted by molar-refractivity contribution is 7.99. The third-order valence-electron chi connectivity index (χ3n) is 4.60. The van der Waals surface area contributed by atoms with Crippen LogP contribution in [0.5, 0.6) is 0 Å². The van der Waals surface area contributed by atoms with Crippen LogP contribution in [0.4, 0.5) is 0 Å². The standard InChI is InChI=1S/C24H14Cl2N2OS/c25-17-11-18(26)13-19(12-17)30-24-21-20(15-7-3-1-4-8-15)22(16-9-5-2-6-10-16)29-23(21)27-14-28-24/h1-14H. The van der Waals surface area contributed by atoms with E-state index in [2.05, 4.69) is 22.1 Å². The molecule has 0 aliphatic rings. The molecule has 0 unspecified atom stereocenters. The molecule has 0 fully saturated rings. The van der Waals surface area contributed by atoms with Crippen molar-refractivity contribution >= 4 is 46.1 Å². The maximum atomic E-state index is 6.25. The second-order valence-electron chi connectivity index (χ2n) is 6.60. The number of nitrogens with zero attached hydrogens (tertiary/aromatic N) is 2. The van der Waals surface area contributed by atoms with Gasteiger partial charge in [-0.3, -0.25) is 0 Å². The van der Waals surface area contributed by atoms with Crippen molar-refractivity contribution in [3.05, 3.63) is 95.2 Å². The van der Waals surface area contributed by atoms with Crippen LogP contribution >= 0.6 is 35.0 Å². The molecule has 0 N–H and O–H groups in total. The minimum absolute atomic E-state index is 0.540. The molecule has 3 aromatic carbocycles. The van der Waals surface area contributed by atoms with Crippen molar-refractivity contribution in [1.29, 1.82) is 0 Å². The Balaban J connectivity index is 1.76. The topological polar surface area (TPSA) is 38.9 Å². The van der Waals surface area contributed by atoms with Gasteiger partial charge in [-0.05, 0) is 23.8 Å². The molecule has 0 saturated heterocycles. The largest absolute Gasteiger partial charge is 0.437 e. The van der Waals surface area contributed by atoms with E-state index < -0.39 is 0 Å². The summed E-state index contributed by atoms with van der Waals surface area (Å²) in [5.74, 6) is 0.767. The average molecular weight is 449 g/mol. The second-order valence-corrected chi connectivity index (χ2v) is 8.54. The smallest absolute Gasteiger partial charge is 0.231 e. The van der Waals surface area contributed by atoms with E-state index in [1.165, 1.54) is 18.1 Å². The number of halogens is 2. The predicted molar refractivity (Wildman–Crippen MR) is 123 cm³/mol. The Morgan fingerprint density at radius 1 is 0.733 bits per heavy atom. The van der Waals surface area contributed by atoms with Gasteiger partial charge in [-0.1, -0.05) is 95.6 Å². The quantitative estimate of drug-likeness (QED) is 0.261. The zero-order valence-electron chi connectivity index (χ0n) is 15.5. The first-order valence-electron chi connectivity index (χ1n) is 9.21. The van der Waals surface area contributed by atoms with E-state index in [-0.39, 0.29) is 0 Å². The first kappa shape index (κ1) is 19.2. The van der Waals surface area contributed by atoms with Crippen LogP contribution in [-0.2, 0) is 0 Å². The van der Waals surface area contributed by atoms with Gasteiger partial charge >= 0.3 is 0 Å². The number of hydrogen-bond donors (Lipinski definition) is 0. The summed E-state index contributed by atoms with van der Waals surface area (Å²) in [5, 5.41) is 2.80. The molecule has 3 nitrogen and oxygen atoms in total. The first-order chi connectivity index (χ1) is 14.7. The molecule has 0 aliphatic heterocycles. The van der Waals surface area contributed by atoms with Gasteiger partial charge in [0.2, 0.25) is 5.71 Å². The number of rotatable bonds is 4. The summed E-state index contributed by atoms with van der Waals surface area (Å²) in [5.41, 5.74) is 3.53. The van der Waals surface area contributed by atoms with Crippen LogP contribution in [0.1, 0.15) is 0 Å². The van der Waals surface area contributed by atoms with Gasteiger partial charge in [-0.2, -0.15) is 0 Å². The van der Waals surface area contributed by atoms with Crippen LogP contribution in [0.2, 0.25) is 10.0 Å². The molecule has 0 aliphatic carbocycles. The Hall–Kier alpha value is -2.79. The molecule has 2 heterocycles. The third-order valence-corrected chi connectivity index (χ3v) is 6.01. The van der Waals surface area contributed by atoms with Crippen molar-refractivity contribution in [2.75, 3.05) is 0 Å². The van der Waals surface area contributed by atoms with E-state index in [0.29, 0.717) is 15.8 Å². The van der Waals surface area contributed by atoms with Gasteiger partial charge in [0.15, 0.2) is 0 Å². The molecular formula is C24H14Cl2N2OS. The summed E-state index contributed by atoms with van der Waals surface area (Å²) >= 11 is 13.9. The lowest BCUT2D eigenvalue weighted by Gasteiger charge is -2.07. The van der Waals surface area contributed by atoms with Gasteiger partial charge < -0.3 is 4.42 Å². The van der Waals surface area contributed by atoms with Gasteiger partial charge in [0.05, 0.1) is 5.39 Å². The summed E-state index contributed by atoms with van der Waals surface area (Å²) in [6, 6.07) is 25.6. The Bertz CT molecular complexity index is 1320. The number of aromatic nitrogens is 2. The maximum Gasteiger partial charge on any atom is 0.231 e. The molecule has 0 spiro atoms. The number of benzene rings is 3. The molecule has 0 saturated carbocycles. The number of hydrogen-bond acceptors (Lipinski definition) is 4. The summed E-state index contributed by atoms with van der Waals surface area (Å²) in [7, 11) is 0. The van der Waals surface area contributed by atoms with Crippen LogP contribution in [0.3, 0.4) is 0 Å². The summed E-state index contributed by atoms with van der Waals surface area (Å²) < 4.78 is 6.25. The molecule has 6 heteroatoms. The third kappa shape index (κ3) is 3.70. The van der Waals surface area contributed by atoms with Crippen molar-refractivity contribution in [1.82, 2.24) is 9.97 Å². The lowest BCUT2D eigenvalue weighted by Crippen LogP contribution is -1.87. The monoisotopic (exact) mass is 448 g/mol. The molecule has 5 aromatic rings. The summed E-state index contributed by atoms with van der Waals surface area (Å²) in [6.45, 7) is 0. The van der Waals surface area contributed by atoms with Crippen LogP contribution in [0.25, 0.3) is 33.6 Å². The zero-order valence-corrected chi connectivity index (χ0v) is 17.9. The Labute approximate surface area is 187 Å². The summed E-state index contributed by atoms with van der Waals surface area (Å²) in [6.07, 6.45) is 1.52. The molecule has 146 valence electrons. The zero-order chi connectivity index (χ0) is 20.5. The fraction of sp³-hybridized carbons (Fsp3) is 0. The minimum Gasteiger partial charge on any atom is -0.437 e. The van der Waals surface area contributed by atoms with Crippen LogP contribution < -0.4 is 0 Å². The Kier molecular flexibility index (Phi) is 5.21. The SMILES string of the molecule is Clc1cc(Cl)cc(Sc2ncnc3oc(-c4ccccc4)c(-c4ccccc4)c23)c1. The molecular weight excluding hydrogens is 435 g/mol. The highest BCUT2D eigenvalue weighted by Gasteiger charge is 2.22. The van der Waals surface area contributed by atoms with Crippen molar-refractivity contribution < 1.29 is 4.42 Å². The lowest BCUT2D eigenvalue weighted by atomic mass is 10.00. The minimum atomic E-state index is 0.540. The van der Waals surface area contributed by atoms with E-state index in [4.69, 9.17) is 27.6 Å². The van der Waals surface area contributed by atoms with Gasteiger partial charge in [0, 0.05) is 26.1 Å². The number of furan rings is 1. The van der Waals surface area contributed by atoms with E-state index >= 15 is 0 Å². The first-order valence-corrected chi connectivity index (χ1v) is 10.8. The van der Waals surface area contributed by atoms with E-state index in [9.17, 15) is 0 Å². The normalized spacial score (nSPS) is 11.1. The van der Waals surface area contributed by atoms with E-state index in [0.717, 1.165) is 37.8 Å². The van der Waals surface area contributed by atoms with Crippen molar-refractivity contribution in [2.24, 2.45) is 0 Å². The Morgan fingerprint density at radius 3 is 2.03 bits per heavy atom. The molecule has 0 radical (unpaired) electrons. The fourth-order valence-electron chi connectivity index (χ4n) is 3.36. The predicted octanol–water partition coefficient (Wildman–Crippen LogP) is 8.01. The molecule has 30 heavy (non-hydrogen) atoms. The highest BCUT2D eigenvalue weighted by atomic mass is 35.5. The van der Waals surface area contributed by atoms with Crippen molar-refractivity contribution in [3.63, 3.8) is 0 Å².